The van der Waals surface area contributed by atoms with E-state index >= 15 is 0 Å². The van der Waals surface area contributed by atoms with Crippen LogP contribution in [0.25, 0.3) is 0 Å². The number of hydrogen-bond donors (Lipinski definition) is 1. The molecule has 0 aromatic heterocycles. The number of carbonyl (C=O) groups is 1. The van der Waals surface area contributed by atoms with Crippen molar-refractivity contribution in [1.29, 1.82) is 0 Å². The molecule has 19 heavy (non-hydrogen) atoms. The number of ketones is 1. The van der Waals surface area contributed by atoms with Gasteiger partial charge in [-0.2, -0.15) is 0 Å². The Labute approximate surface area is 121 Å². The molecule has 0 amide bonds. The van der Waals surface area contributed by atoms with E-state index in [9.17, 15) is 9.90 Å². The van der Waals surface area contributed by atoms with Gasteiger partial charge in [-0.15, -0.1) is 0 Å². The first-order valence-electron chi connectivity index (χ1n) is 6.02. The molecule has 1 fully saturated rings. The third-order valence-corrected chi connectivity index (χ3v) is 3.69. The van der Waals surface area contributed by atoms with Crippen LogP contribution in [0.5, 0.6) is 0 Å². The molecule has 2 rings (SSSR count). The van der Waals surface area contributed by atoms with Crippen molar-refractivity contribution in [3.63, 3.8) is 0 Å². The molecular formula is C13H15Cl2NO3. The largest absolute Gasteiger partial charge is 0.395 e. The second-order valence-corrected chi connectivity index (χ2v) is 5.27. The zero-order valence-electron chi connectivity index (χ0n) is 10.3. The van der Waals surface area contributed by atoms with Crippen molar-refractivity contribution in [3.05, 3.63) is 33.8 Å². The zero-order chi connectivity index (χ0) is 13.8. The quantitative estimate of drug-likeness (QED) is 0.863. The Kier molecular flexibility index (Phi) is 5.19. The van der Waals surface area contributed by atoms with Crippen LogP contribution >= 0.6 is 23.2 Å². The fraction of sp³-hybridized carbons (Fsp3) is 0.462. The highest BCUT2D eigenvalue weighted by molar-refractivity contribution is 6.36. The van der Waals surface area contributed by atoms with Crippen LogP contribution < -0.4 is 0 Å². The summed E-state index contributed by atoms with van der Waals surface area (Å²) >= 11 is 11.8. The second-order valence-electron chi connectivity index (χ2n) is 4.43. The van der Waals surface area contributed by atoms with Crippen LogP contribution in [0.1, 0.15) is 10.4 Å². The SMILES string of the molecule is O=C(CN1CCOCC1CO)c1ccc(Cl)cc1Cl. The molecule has 1 aromatic carbocycles. The minimum atomic E-state index is -0.135. The number of hydrogen-bond acceptors (Lipinski definition) is 4. The van der Waals surface area contributed by atoms with Crippen LogP contribution in [0.3, 0.4) is 0 Å². The molecule has 1 aromatic rings. The molecule has 6 heteroatoms. The number of aliphatic hydroxyl groups excluding tert-OH is 1. The lowest BCUT2D eigenvalue weighted by Crippen LogP contribution is -2.49. The summed E-state index contributed by atoms with van der Waals surface area (Å²) in [6.45, 7) is 1.83. The predicted octanol–water partition coefficient (Wildman–Crippen LogP) is 1.87. The summed E-state index contributed by atoms with van der Waals surface area (Å²) in [4.78, 5) is 14.1. The van der Waals surface area contributed by atoms with Gasteiger partial charge in [-0.3, -0.25) is 9.69 Å². The van der Waals surface area contributed by atoms with Gasteiger partial charge in [-0.25, -0.2) is 0 Å². The van der Waals surface area contributed by atoms with Gasteiger partial charge in [0.2, 0.25) is 0 Å². The fourth-order valence-electron chi connectivity index (χ4n) is 2.05. The van der Waals surface area contributed by atoms with Gasteiger partial charge in [0.1, 0.15) is 0 Å². The molecule has 1 atom stereocenters. The Morgan fingerprint density at radius 1 is 1.47 bits per heavy atom. The smallest absolute Gasteiger partial charge is 0.178 e. The van der Waals surface area contributed by atoms with Gasteiger partial charge >= 0.3 is 0 Å². The first kappa shape index (κ1) is 14.8. The van der Waals surface area contributed by atoms with Crippen LogP contribution in [0.2, 0.25) is 10.0 Å². The normalized spacial score (nSPS) is 20.5. The number of morpholine rings is 1. The summed E-state index contributed by atoms with van der Waals surface area (Å²) in [5.41, 5.74) is 0.453. The monoisotopic (exact) mass is 303 g/mol. The van der Waals surface area contributed by atoms with Gasteiger partial charge in [0, 0.05) is 17.1 Å². The molecule has 1 unspecified atom stereocenters. The molecule has 0 bridgehead atoms. The van der Waals surface area contributed by atoms with Crippen molar-refractivity contribution in [2.24, 2.45) is 0 Å². The molecule has 1 heterocycles. The zero-order valence-corrected chi connectivity index (χ0v) is 11.8. The minimum Gasteiger partial charge on any atom is -0.395 e. The van der Waals surface area contributed by atoms with Gasteiger partial charge in [-0.05, 0) is 18.2 Å². The maximum absolute atomic E-state index is 12.2. The van der Waals surface area contributed by atoms with E-state index in [4.69, 9.17) is 27.9 Å². The van der Waals surface area contributed by atoms with Crippen molar-refractivity contribution < 1.29 is 14.6 Å². The summed E-state index contributed by atoms with van der Waals surface area (Å²) in [5, 5.41) is 10.1. The highest BCUT2D eigenvalue weighted by Crippen LogP contribution is 2.22. The summed E-state index contributed by atoms with van der Waals surface area (Å²) in [6.07, 6.45) is 0. The molecule has 104 valence electrons. The average molecular weight is 304 g/mol. The van der Waals surface area contributed by atoms with E-state index in [0.717, 1.165) is 0 Å². The van der Waals surface area contributed by atoms with Crippen LogP contribution in [0.15, 0.2) is 18.2 Å². The number of benzene rings is 1. The standard InChI is InChI=1S/C13H15Cl2NO3/c14-9-1-2-11(12(15)5-9)13(18)6-16-3-4-19-8-10(16)7-17/h1-2,5,10,17H,3-4,6-8H2. The average Bonchev–Trinajstić information content (AvgIpc) is 2.39. The van der Waals surface area contributed by atoms with Crippen LogP contribution in [-0.4, -0.2) is 54.7 Å². The Morgan fingerprint density at radius 2 is 2.26 bits per heavy atom. The summed E-state index contributed by atoms with van der Waals surface area (Å²) in [5.74, 6) is -0.0815. The topological polar surface area (TPSA) is 49.8 Å². The number of rotatable bonds is 4. The minimum absolute atomic E-state index is 0.0262. The second kappa shape index (κ2) is 6.68. The van der Waals surface area contributed by atoms with Crippen LogP contribution in [0.4, 0.5) is 0 Å². The van der Waals surface area contributed by atoms with E-state index in [1.807, 2.05) is 4.90 Å². The highest BCUT2D eigenvalue weighted by atomic mass is 35.5. The van der Waals surface area contributed by atoms with Crippen molar-refractivity contribution in [1.82, 2.24) is 4.90 Å². The van der Waals surface area contributed by atoms with Gasteiger partial charge in [-0.1, -0.05) is 23.2 Å². The van der Waals surface area contributed by atoms with E-state index in [1.165, 1.54) is 0 Å². The molecule has 1 N–H and O–H groups in total. The fourth-order valence-corrected chi connectivity index (χ4v) is 2.56. The maximum Gasteiger partial charge on any atom is 0.178 e. The summed E-state index contributed by atoms with van der Waals surface area (Å²) in [6, 6.07) is 4.69. The van der Waals surface area contributed by atoms with Crippen LogP contribution in [0, 0.1) is 0 Å². The van der Waals surface area contributed by atoms with Crippen LogP contribution in [-0.2, 0) is 4.74 Å². The molecule has 0 spiro atoms. The Hall–Kier alpha value is -0.650. The van der Waals surface area contributed by atoms with Gasteiger partial charge in [0.05, 0.1) is 37.4 Å². The Bertz CT molecular complexity index is 467. The molecule has 1 aliphatic heterocycles. The molecule has 0 aliphatic carbocycles. The number of nitrogens with zero attached hydrogens (tertiary/aromatic N) is 1. The van der Waals surface area contributed by atoms with E-state index in [2.05, 4.69) is 0 Å². The molecule has 1 saturated heterocycles. The Balaban J connectivity index is 2.07. The lowest BCUT2D eigenvalue weighted by molar-refractivity contribution is -0.0240. The van der Waals surface area contributed by atoms with Gasteiger partial charge < -0.3 is 9.84 Å². The first-order valence-corrected chi connectivity index (χ1v) is 6.78. The number of carbonyl (C=O) groups excluding carboxylic acids is 1. The molecule has 1 aliphatic rings. The summed E-state index contributed by atoms with van der Waals surface area (Å²) in [7, 11) is 0. The molecule has 0 saturated carbocycles. The number of aliphatic hydroxyl groups is 1. The van der Waals surface area contributed by atoms with Gasteiger partial charge in [0.25, 0.3) is 0 Å². The van der Waals surface area contributed by atoms with E-state index in [1.54, 1.807) is 18.2 Å². The van der Waals surface area contributed by atoms with Gasteiger partial charge in [0.15, 0.2) is 5.78 Å². The van der Waals surface area contributed by atoms with E-state index in [-0.39, 0.29) is 25.0 Å². The van der Waals surface area contributed by atoms with E-state index in [0.29, 0.717) is 35.4 Å². The van der Waals surface area contributed by atoms with Crippen molar-refractivity contribution in [2.45, 2.75) is 6.04 Å². The third-order valence-electron chi connectivity index (χ3n) is 3.14. The predicted molar refractivity (Wildman–Crippen MR) is 74.1 cm³/mol. The highest BCUT2D eigenvalue weighted by Gasteiger charge is 2.25. The lowest BCUT2D eigenvalue weighted by atomic mass is 10.1. The maximum atomic E-state index is 12.2. The number of ether oxygens (including phenoxy) is 1. The first-order chi connectivity index (χ1) is 9.11. The third kappa shape index (κ3) is 3.68. The Morgan fingerprint density at radius 3 is 2.95 bits per heavy atom. The summed E-state index contributed by atoms with van der Waals surface area (Å²) < 4.78 is 5.27. The van der Waals surface area contributed by atoms with Crippen molar-refractivity contribution in [3.8, 4) is 0 Å². The van der Waals surface area contributed by atoms with E-state index < -0.39 is 0 Å². The lowest BCUT2D eigenvalue weighted by Gasteiger charge is -2.33. The number of Topliss-reactive ketones (excluding diaryl/α,β-unsaturated/α-hetero) is 1. The number of halogens is 2. The molecule has 4 nitrogen and oxygen atoms in total. The molecule has 0 radical (unpaired) electrons. The van der Waals surface area contributed by atoms with Crippen molar-refractivity contribution >= 4 is 29.0 Å². The van der Waals surface area contributed by atoms with Crippen molar-refractivity contribution in [2.75, 3.05) is 32.9 Å². The molecular weight excluding hydrogens is 289 g/mol.